The number of pyridine rings is 1. The smallest absolute Gasteiger partial charge is 0.254 e. The second-order valence-corrected chi connectivity index (χ2v) is 10.9. The van der Waals surface area contributed by atoms with E-state index in [1.807, 2.05) is 66.7 Å². The van der Waals surface area contributed by atoms with Crippen molar-refractivity contribution < 1.29 is 22.7 Å². The molecule has 0 spiro atoms. The fraction of sp³-hybridized carbons (Fsp3) is 0.200. The molecule has 0 atom stereocenters. The zero-order valence-corrected chi connectivity index (χ0v) is 22.2. The van der Waals surface area contributed by atoms with Crippen molar-refractivity contribution in [2.75, 3.05) is 19.9 Å². The van der Waals surface area contributed by atoms with Gasteiger partial charge in [0.25, 0.3) is 5.91 Å². The molecule has 7 nitrogen and oxygen atoms in total. The lowest BCUT2D eigenvalue weighted by molar-refractivity contribution is 0.0744. The van der Waals surface area contributed by atoms with E-state index in [2.05, 4.69) is 4.98 Å². The molecule has 4 rings (SSSR count). The first kappa shape index (κ1) is 26.9. The summed E-state index contributed by atoms with van der Waals surface area (Å²) in [6, 6.07) is 27.2. The van der Waals surface area contributed by atoms with Crippen LogP contribution in [0.15, 0.2) is 102 Å². The first-order valence-corrected chi connectivity index (χ1v) is 14.1. The van der Waals surface area contributed by atoms with E-state index in [0.29, 0.717) is 43.2 Å². The van der Waals surface area contributed by atoms with Gasteiger partial charge in [-0.1, -0.05) is 42.5 Å². The molecule has 0 bridgehead atoms. The van der Waals surface area contributed by atoms with Gasteiger partial charge in [0, 0.05) is 43.2 Å². The van der Waals surface area contributed by atoms with E-state index in [0.717, 1.165) is 23.1 Å². The van der Waals surface area contributed by atoms with Crippen molar-refractivity contribution in [3.05, 3.63) is 120 Å². The normalized spacial score (nSPS) is 11.1. The highest BCUT2D eigenvalue weighted by atomic mass is 32.2. The Labute approximate surface area is 223 Å². The average molecular weight is 531 g/mol. The van der Waals surface area contributed by atoms with Crippen LogP contribution in [-0.4, -0.2) is 44.1 Å². The molecule has 0 aliphatic rings. The molecule has 38 heavy (non-hydrogen) atoms. The second-order valence-electron chi connectivity index (χ2n) is 8.85. The van der Waals surface area contributed by atoms with Gasteiger partial charge < -0.3 is 14.4 Å². The van der Waals surface area contributed by atoms with Crippen LogP contribution >= 0.6 is 0 Å². The molecule has 1 amide bonds. The molecule has 8 heteroatoms. The predicted molar refractivity (Wildman–Crippen MR) is 146 cm³/mol. The lowest BCUT2D eigenvalue weighted by atomic mass is 10.1. The third-order valence-electron chi connectivity index (χ3n) is 6.02. The van der Waals surface area contributed by atoms with Crippen LogP contribution in [0.2, 0.25) is 0 Å². The van der Waals surface area contributed by atoms with Crippen LogP contribution in [0.5, 0.6) is 11.5 Å². The lowest BCUT2D eigenvalue weighted by Gasteiger charge is -2.24. The number of carbonyl (C=O) groups excluding carboxylic acids is 1. The summed E-state index contributed by atoms with van der Waals surface area (Å²) in [6.45, 7) is 1.17. The summed E-state index contributed by atoms with van der Waals surface area (Å²) in [4.78, 5) is 19.8. The Hall–Kier alpha value is -4.17. The van der Waals surface area contributed by atoms with Gasteiger partial charge in [0.2, 0.25) is 0 Å². The quantitative estimate of drug-likeness (QED) is 0.273. The number of ether oxygens (including phenoxy) is 2. The summed E-state index contributed by atoms with van der Waals surface area (Å²) in [5.74, 6) is 0.986. The van der Waals surface area contributed by atoms with E-state index in [9.17, 15) is 13.2 Å². The Morgan fingerprint density at radius 3 is 2.26 bits per heavy atom. The van der Waals surface area contributed by atoms with Crippen LogP contribution in [0.3, 0.4) is 0 Å². The summed E-state index contributed by atoms with van der Waals surface area (Å²) in [7, 11) is -1.77. The molecule has 1 aromatic heterocycles. The van der Waals surface area contributed by atoms with Gasteiger partial charge in [-0.2, -0.15) is 0 Å². The molecule has 0 N–H and O–H groups in total. The zero-order chi connectivity index (χ0) is 27.0. The van der Waals surface area contributed by atoms with Gasteiger partial charge in [-0.05, 0) is 59.7 Å². The molecule has 4 aromatic rings. The Kier molecular flexibility index (Phi) is 8.76. The molecule has 0 aliphatic heterocycles. The van der Waals surface area contributed by atoms with Crippen molar-refractivity contribution in [2.45, 2.75) is 24.5 Å². The first-order chi connectivity index (χ1) is 18.3. The number of methoxy groups -OCH3 is 1. The molecule has 0 radical (unpaired) electrons. The van der Waals surface area contributed by atoms with Crippen molar-refractivity contribution >= 4 is 15.7 Å². The average Bonchev–Trinajstić information content (AvgIpc) is 2.94. The monoisotopic (exact) mass is 530 g/mol. The van der Waals surface area contributed by atoms with E-state index in [4.69, 9.17) is 9.47 Å². The van der Waals surface area contributed by atoms with Crippen molar-refractivity contribution in [1.29, 1.82) is 0 Å². The number of hydrogen-bond donors (Lipinski definition) is 0. The summed E-state index contributed by atoms with van der Waals surface area (Å²) < 4.78 is 35.2. The third-order valence-corrected chi connectivity index (χ3v) is 7.15. The van der Waals surface area contributed by atoms with Gasteiger partial charge >= 0.3 is 0 Å². The van der Waals surface area contributed by atoms with E-state index < -0.39 is 9.84 Å². The number of rotatable bonds is 11. The van der Waals surface area contributed by atoms with Crippen LogP contribution < -0.4 is 9.47 Å². The molecule has 1 heterocycles. The van der Waals surface area contributed by atoms with Crippen LogP contribution in [0, 0.1) is 0 Å². The van der Waals surface area contributed by atoms with Crippen LogP contribution in [0.25, 0.3) is 0 Å². The molecule has 196 valence electrons. The van der Waals surface area contributed by atoms with Crippen molar-refractivity contribution in [1.82, 2.24) is 9.88 Å². The van der Waals surface area contributed by atoms with Crippen LogP contribution in [0.4, 0.5) is 0 Å². The molecule has 0 fully saturated rings. The van der Waals surface area contributed by atoms with Gasteiger partial charge in [0.1, 0.15) is 6.61 Å². The Morgan fingerprint density at radius 1 is 0.868 bits per heavy atom. The molecular formula is C30H30N2O5S. The molecule has 3 aromatic carbocycles. The number of hydrogen-bond acceptors (Lipinski definition) is 6. The van der Waals surface area contributed by atoms with E-state index >= 15 is 0 Å². The first-order valence-electron chi connectivity index (χ1n) is 12.2. The lowest BCUT2D eigenvalue weighted by Crippen LogP contribution is -2.32. The minimum Gasteiger partial charge on any atom is -0.493 e. The van der Waals surface area contributed by atoms with Gasteiger partial charge in [0.15, 0.2) is 21.3 Å². The van der Waals surface area contributed by atoms with Gasteiger partial charge in [0.05, 0.1) is 12.0 Å². The van der Waals surface area contributed by atoms with E-state index in [1.54, 1.807) is 30.3 Å². The van der Waals surface area contributed by atoms with E-state index in [1.165, 1.54) is 12.1 Å². The summed E-state index contributed by atoms with van der Waals surface area (Å²) in [5.41, 5.74) is 3.20. The summed E-state index contributed by atoms with van der Waals surface area (Å²) in [5, 5.41) is 0. The third kappa shape index (κ3) is 7.20. The number of carbonyl (C=O) groups is 1. The van der Waals surface area contributed by atoms with Gasteiger partial charge in [-0.15, -0.1) is 0 Å². The number of sulfone groups is 1. The van der Waals surface area contributed by atoms with E-state index in [-0.39, 0.29) is 10.8 Å². The standard InChI is InChI=1S/C30H30N2O5S/c1-36-29-20-24(11-16-28(29)37-22-23-8-4-3-5-9-23)21-32(19-17-26-10-6-7-18-31-26)30(33)25-12-14-27(15-13-25)38(2,34)35/h3-16,18,20H,17,19,21-22H2,1-2H3. The minimum atomic E-state index is -3.35. The molecule has 0 unspecified atom stereocenters. The Bertz CT molecular complexity index is 1460. The fourth-order valence-corrected chi connectivity index (χ4v) is 4.59. The Balaban J connectivity index is 1.54. The highest BCUT2D eigenvalue weighted by molar-refractivity contribution is 7.90. The maximum absolute atomic E-state index is 13.5. The molecule has 0 saturated carbocycles. The largest absolute Gasteiger partial charge is 0.493 e. The summed E-state index contributed by atoms with van der Waals surface area (Å²) >= 11 is 0. The van der Waals surface area contributed by atoms with Crippen molar-refractivity contribution in [3.63, 3.8) is 0 Å². The molecule has 0 saturated heterocycles. The minimum absolute atomic E-state index is 0.171. The maximum atomic E-state index is 13.5. The second kappa shape index (κ2) is 12.4. The van der Waals surface area contributed by atoms with Gasteiger partial charge in [-0.3, -0.25) is 9.78 Å². The number of amides is 1. The van der Waals surface area contributed by atoms with Crippen molar-refractivity contribution in [2.24, 2.45) is 0 Å². The molecule has 0 aliphatic carbocycles. The Morgan fingerprint density at radius 2 is 1.61 bits per heavy atom. The van der Waals surface area contributed by atoms with Crippen LogP contribution in [0.1, 0.15) is 27.2 Å². The molecular weight excluding hydrogens is 500 g/mol. The maximum Gasteiger partial charge on any atom is 0.254 e. The van der Waals surface area contributed by atoms with Crippen molar-refractivity contribution in [3.8, 4) is 11.5 Å². The van der Waals surface area contributed by atoms with Gasteiger partial charge in [-0.25, -0.2) is 8.42 Å². The summed E-state index contributed by atoms with van der Waals surface area (Å²) in [6.07, 6.45) is 3.44. The number of nitrogens with zero attached hydrogens (tertiary/aromatic N) is 2. The highest BCUT2D eigenvalue weighted by Crippen LogP contribution is 2.29. The SMILES string of the molecule is COc1cc(CN(CCc2ccccn2)C(=O)c2ccc(S(C)(=O)=O)cc2)ccc1OCc1ccccc1. The highest BCUT2D eigenvalue weighted by Gasteiger charge is 2.19. The number of benzene rings is 3. The topological polar surface area (TPSA) is 85.8 Å². The fourth-order valence-electron chi connectivity index (χ4n) is 3.96. The van der Waals surface area contributed by atoms with Crippen LogP contribution in [-0.2, 0) is 29.4 Å². The zero-order valence-electron chi connectivity index (χ0n) is 21.4. The number of aromatic nitrogens is 1. The predicted octanol–water partition coefficient (Wildman–Crippen LogP) is 4.96.